The summed E-state index contributed by atoms with van der Waals surface area (Å²) in [5, 5.41) is 12.3. The van der Waals surface area contributed by atoms with Crippen LogP contribution in [0, 0.1) is 0 Å². The van der Waals surface area contributed by atoms with E-state index < -0.39 is 0 Å². The van der Waals surface area contributed by atoms with Crippen molar-refractivity contribution in [1.29, 1.82) is 0 Å². The standard InChI is InChI=1S/C26H44N4S/c1-23(2)14-20(15-24(3,4)28-23)27-22(31)30(18-19-12-10-9-11-13-19)21-16-25(5,6)29-26(7,8)17-21/h9-13,20-21,28-29H,14-18H2,1-8H3,(H,27,31). The maximum absolute atomic E-state index is 6.11. The Labute approximate surface area is 195 Å². The summed E-state index contributed by atoms with van der Waals surface area (Å²) in [6, 6.07) is 11.5. The lowest BCUT2D eigenvalue weighted by atomic mass is 9.78. The molecule has 0 bridgehead atoms. The molecule has 0 aromatic heterocycles. The molecule has 4 nitrogen and oxygen atoms in total. The van der Waals surface area contributed by atoms with E-state index in [1.807, 2.05) is 0 Å². The largest absolute Gasteiger partial charge is 0.360 e. The number of nitrogens with one attached hydrogen (secondary N) is 3. The van der Waals surface area contributed by atoms with E-state index in [1.54, 1.807) is 0 Å². The first-order valence-corrected chi connectivity index (χ1v) is 12.3. The van der Waals surface area contributed by atoms with E-state index in [0.29, 0.717) is 12.1 Å². The Kier molecular flexibility index (Phi) is 6.82. The normalized spacial score (nSPS) is 25.0. The van der Waals surface area contributed by atoms with E-state index in [2.05, 4.69) is 107 Å². The summed E-state index contributed by atoms with van der Waals surface area (Å²) in [6.45, 7) is 19.3. The lowest BCUT2D eigenvalue weighted by Gasteiger charge is -2.51. The number of benzene rings is 1. The van der Waals surface area contributed by atoms with Crippen molar-refractivity contribution < 1.29 is 0 Å². The Bertz CT molecular complexity index is 737. The van der Waals surface area contributed by atoms with Crippen LogP contribution in [-0.2, 0) is 6.54 Å². The molecule has 0 unspecified atom stereocenters. The minimum atomic E-state index is 0.0791. The zero-order valence-corrected chi connectivity index (χ0v) is 21.7. The molecule has 2 heterocycles. The van der Waals surface area contributed by atoms with Gasteiger partial charge in [0.1, 0.15) is 0 Å². The third kappa shape index (κ3) is 6.90. The number of nitrogens with zero attached hydrogens (tertiary/aromatic N) is 1. The van der Waals surface area contributed by atoms with E-state index in [1.165, 1.54) is 5.56 Å². The van der Waals surface area contributed by atoms with Gasteiger partial charge in [-0.3, -0.25) is 0 Å². The lowest BCUT2D eigenvalue weighted by Crippen LogP contribution is -2.65. The van der Waals surface area contributed by atoms with Crippen molar-refractivity contribution in [3.05, 3.63) is 35.9 Å². The lowest BCUT2D eigenvalue weighted by molar-refractivity contribution is 0.0972. The van der Waals surface area contributed by atoms with Gasteiger partial charge in [0.05, 0.1) is 0 Å². The fourth-order valence-electron chi connectivity index (χ4n) is 6.32. The first-order valence-electron chi connectivity index (χ1n) is 11.9. The second-order valence-corrected chi connectivity index (χ2v) is 12.9. The van der Waals surface area contributed by atoms with Crippen LogP contribution in [0.2, 0.25) is 0 Å². The Morgan fingerprint density at radius 1 is 0.839 bits per heavy atom. The van der Waals surface area contributed by atoms with Gasteiger partial charge in [-0.1, -0.05) is 30.3 Å². The highest BCUT2D eigenvalue weighted by Crippen LogP contribution is 2.33. The maximum Gasteiger partial charge on any atom is 0.169 e. The summed E-state index contributed by atoms with van der Waals surface area (Å²) < 4.78 is 0. The number of hydrogen-bond donors (Lipinski definition) is 3. The molecule has 2 fully saturated rings. The van der Waals surface area contributed by atoms with Gasteiger partial charge in [-0.2, -0.15) is 0 Å². The van der Waals surface area contributed by atoms with Crippen molar-refractivity contribution in [3.63, 3.8) is 0 Å². The van der Waals surface area contributed by atoms with E-state index in [0.717, 1.165) is 37.3 Å². The summed E-state index contributed by atoms with van der Waals surface area (Å²) in [5.74, 6) is 0. The van der Waals surface area contributed by atoms with Crippen LogP contribution in [0.1, 0.15) is 86.6 Å². The number of hydrogen-bond acceptors (Lipinski definition) is 3. The molecule has 1 aromatic rings. The average Bonchev–Trinajstić information content (AvgIpc) is 2.54. The second kappa shape index (κ2) is 8.64. The predicted molar refractivity (Wildman–Crippen MR) is 136 cm³/mol. The highest BCUT2D eigenvalue weighted by Gasteiger charge is 2.42. The SMILES string of the molecule is CC1(C)CC(NC(=S)N(Cc2ccccc2)C2CC(C)(C)NC(C)(C)C2)CC(C)(C)N1. The van der Waals surface area contributed by atoms with Crippen molar-refractivity contribution in [2.75, 3.05) is 0 Å². The van der Waals surface area contributed by atoms with Gasteiger partial charge in [0.25, 0.3) is 0 Å². The zero-order chi connectivity index (χ0) is 23.1. The van der Waals surface area contributed by atoms with E-state index in [4.69, 9.17) is 12.2 Å². The molecular weight excluding hydrogens is 400 g/mol. The highest BCUT2D eigenvalue weighted by molar-refractivity contribution is 7.80. The van der Waals surface area contributed by atoms with Crippen LogP contribution in [0.4, 0.5) is 0 Å². The van der Waals surface area contributed by atoms with Crippen LogP contribution < -0.4 is 16.0 Å². The molecule has 0 aliphatic carbocycles. The molecule has 3 rings (SSSR count). The maximum atomic E-state index is 6.11. The number of thiocarbonyl (C=S) groups is 1. The molecule has 0 atom stereocenters. The molecule has 0 spiro atoms. The molecule has 3 N–H and O–H groups in total. The third-order valence-electron chi connectivity index (χ3n) is 6.58. The summed E-state index contributed by atoms with van der Waals surface area (Å²) in [4.78, 5) is 2.47. The van der Waals surface area contributed by atoms with Crippen molar-refractivity contribution in [3.8, 4) is 0 Å². The van der Waals surface area contributed by atoms with Crippen molar-refractivity contribution in [2.45, 2.75) is 122 Å². The van der Waals surface area contributed by atoms with Gasteiger partial charge in [0.15, 0.2) is 5.11 Å². The van der Waals surface area contributed by atoms with Gasteiger partial charge in [0, 0.05) is 40.8 Å². The second-order valence-electron chi connectivity index (χ2n) is 12.5. The van der Waals surface area contributed by atoms with Crippen LogP contribution in [0.25, 0.3) is 0 Å². The molecule has 2 saturated heterocycles. The van der Waals surface area contributed by atoms with E-state index in [9.17, 15) is 0 Å². The number of piperidine rings is 2. The van der Waals surface area contributed by atoms with E-state index in [-0.39, 0.29) is 22.2 Å². The smallest absolute Gasteiger partial charge is 0.169 e. The molecule has 0 radical (unpaired) electrons. The molecule has 174 valence electrons. The van der Waals surface area contributed by atoms with Crippen molar-refractivity contribution in [2.24, 2.45) is 0 Å². The third-order valence-corrected chi connectivity index (χ3v) is 6.94. The molecule has 5 heteroatoms. The topological polar surface area (TPSA) is 39.3 Å². The van der Waals surface area contributed by atoms with Crippen molar-refractivity contribution in [1.82, 2.24) is 20.9 Å². The average molecular weight is 445 g/mol. The Morgan fingerprint density at radius 3 is 1.77 bits per heavy atom. The monoisotopic (exact) mass is 444 g/mol. The first kappa shape index (κ1) is 24.5. The fourth-order valence-corrected chi connectivity index (χ4v) is 6.70. The number of rotatable bonds is 4. The zero-order valence-electron chi connectivity index (χ0n) is 20.9. The molecule has 0 amide bonds. The molecule has 2 aliphatic rings. The highest BCUT2D eigenvalue weighted by atomic mass is 32.1. The van der Waals surface area contributed by atoms with Gasteiger partial charge < -0.3 is 20.9 Å². The molecular formula is C26H44N4S. The van der Waals surface area contributed by atoms with Crippen LogP contribution >= 0.6 is 12.2 Å². The van der Waals surface area contributed by atoms with Gasteiger partial charge in [-0.25, -0.2) is 0 Å². The molecule has 0 saturated carbocycles. The predicted octanol–water partition coefficient (Wildman–Crippen LogP) is 4.98. The molecule has 31 heavy (non-hydrogen) atoms. The minimum absolute atomic E-state index is 0.0791. The molecule has 1 aromatic carbocycles. The van der Waals surface area contributed by atoms with Crippen LogP contribution in [-0.4, -0.2) is 44.3 Å². The Morgan fingerprint density at radius 2 is 1.29 bits per heavy atom. The van der Waals surface area contributed by atoms with Crippen LogP contribution in [0.15, 0.2) is 30.3 Å². The van der Waals surface area contributed by atoms with Gasteiger partial charge in [-0.15, -0.1) is 0 Å². The van der Waals surface area contributed by atoms with Crippen LogP contribution in [0.3, 0.4) is 0 Å². The Balaban J connectivity index is 1.83. The van der Waals surface area contributed by atoms with Gasteiger partial charge in [0.2, 0.25) is 0 Å². The molecule has 2 aliphatic heterocycles. The summed E-state index contributed by atoms with van der Waals surface area (Å²) >= 11 is 6.11. The van der Waals surface area contributed by atoms with Crippen LogP contribution in [0.5, 0.6) is 0 Å². The Hall–Kier alpha value is -1.17. The summed E-state index contributed by atoms with van der Waals surface area (Å²) in [7, 11) is 0. The van der Waals surface area contributed by atoms with Crippen molar-refractivity contribution >= 4 is 17.3 Å². The minimum Gasteiger partial charge on any atom is -0.360 e. The summed E-state index contributed by atoms with van der Waals surface area (Å²) in [6.07, 6.45) is 4.29. The van der Waals surface area contributed by atoms with E-state index >= 15 is 0 Å². The quantitative estimate of drug-likeness (QED) is 0.571. The first-order chi connectivity index (χ1) is 14.2. The van der Waals surface area contributed by atoms with Gasteiger partial charge >= 0.3 is 0 Å². The van der Waals surface area contributed by atoms with Gasteiger partial charge in [-0.05, 0) is 98.9 Å². The summed E-state index contributed by atoms with van der Waals surface area (Å²) in [5.41, 5.74) is 1.66. The fraction of sp³-hybridized carbons (Fsp3) is 0.731.